The molecule has 1 amide bonds. The quantitative estimate of drug-likeness (QED) is 0.794. The summed E-state index contributed by atoms with van der Waals surface area (Å²) in [4.78, 5) is 12.2. The summed E-state index contributed by atoms with van der Waals surface area (Å²) < 4.78 is 0. The maximum atomic E-state index is 12.2. The second kappa shape index (κ2) is 9.49. The third-order valence-corrected chi connectivity index (χ3v) is 3.59. The summed E-state index contributed by atoms with van der Waals surface area (Å²) in [5.41, 5.74) is 2.46. The van der Waals surface area contributed by atoms with Gasteiger partial charge in [0.05, 0.1) is 6.61 Å². The largest absolute Gasteiger partial charge is 0.395 e. The molecule has 0 bridgehead atoms. The number of amides is 1. The van der Waals surface area contributed by atoms with Crippen LogP contribution in [0.1, 0.15) is 41.3 Å². The van der Waals surface area contributed by atoms with Crippen LogP contribution in [-0.4, -0.2) is 35.7 Å². The van der Waals surface area contributed by atoms with Gasteiger partial charge in [0.25, 0.3) is 5.91 Å². The maximum absolute atomic E-state index is 12.2. The summed E-state index contributed by atoms with van der Waals surface area (Å²) in [6, 6.07) is 5.77. The Labute approximate surface area is 131 Å². The summed E-state index contributed by atoms with van der Waals surface area (Å²) in [7, 11) is 0. The number of carbonyl (C=O) groups is 1. The highest BCUT2D eigenvalue weighted by Gasteiger charge is 2.10. The number of nitrogens with one attached hydrogen (secondary N) is 1. The Morgan fingerprint density at radius 2 is 2.19 bits per heavy atom. The Kier molecular flexibility index (Phi) is 7.96. The summed E-state index contributed by atoms with van der Waals surface area (Å²) in [5.74, 6) is 6.83. The van der Waals surface area contributed by atoms with Crippen LogP contribution in [0.3, 0.4) is 0 Å². The van der Waals surface area contributed by atoms with E-state index in [1.54, 1.807) is 17.8 Å². The Balaban J connectivity index is 2.78. The highest BCUT2D eigenvalue weighted by molar-refractivity contribution is 7.98. The molecule has 0 saturated heterocycles. The first-order valence-corrected chi connectivity index (χ1v) is 8.47. The van der Waals surface area contributed by atoms with Crippen LogP contribution in [0.2, 0.25) is 0 Å². The van der Waals surface area contributed by atoms with Gasteiger partial charge >= 0.3 is 0 Å². The zero-order chi connectivity index (χ0) is 15.7. The average Bonchev–Trinajstić information content (AvgIpc) is 2.44. The average molecular weight is 305 g/mol. The van der Waals surface area contributed by atoms with Gasteiger partial charge < -0.3 is 10.4 Å². The normalized spacial score (nSPS) is 11.4. The van der Waals surface area contributed by atoms with E-state index in [1.807, 2.05) is 26.0 Å². The molecule has 0 aliphatic rings. The first-order chi connectivity index (χ1) is 10.1. The number of hydrogen-bond acceptors (Lipinski definition) is 3. The monoisotopic (exact) mass is 305 g/mol. The van der Waals surface area contributed by atoms with Crippen molar-refractivity contribution in [3.05, 3.63) is 34.9 Å². The van der Waals surface area contributed by atoms with Gasteiger partial charge in [-0.1, -0.05) is 11.8 Å². The lowest BCUT2D eigenvalue weighted by Gasteiger charge is -2.13. The fourth-order valence-electron chi connectivity index (χ4n) is 1.88. The number of aryl methyl sites for hydroxylation is 1. The SMILES string of the molecule is CSCCC(C)NC(=O)c1cc(C)cc(C#CCCO)c1. The second-order valence-electron chi connectivity index (χ2n) is 5.02. The van der Waals surface area contributed by atoms with Crippen molar-refractivity contribution in [2.24, 2.45) is 0 Å². The molecule has 21 heavy (non-hydrogen) atoms. The minimum absolute atomic E-state index is 0.0547. The van der Waals surface area contributed by atoms with Crippen molar-refractivity contribution in [2.75, 3.05) is 18.6 Å². The third-order valence-electron chi connectivity index (χ3n) is 2.94. The van der Waals surface area contributed by atoms with Crippen LogP contribution in [0.15, 0.2) is 18.2 Å². The summed E-state index contributed by atoms with van der Waals surface area (Å²) in [6.45, 7) is 4.02. The molecule has 1 aromatic carbocycles. The topological polar surface area (TPSA) is 49.3 Å². The molecule has 1 unspecified atom stereocenters. The highest BCUT2D eigenvalue weighted by Crippen LogP contribution is 2.10. The lowest BCUT2D eigenvalue weighted by atomic mass is 10.1. The van der Waals surface area contributed by atoms with Crippen molar-refractivity contribution in [1.82, 2.24) is 5.32 Å². The molecule has 0 saturated carbocycles. The van der Waals surface area contributed by atoms with Crippen molar-refractivity contribution < 1.29 is 9.90 Å². The van der Waals surface area contributed by atoms with Gasteiger partial charge in [0.1, 0.15) is 0 Å². The van der Waals surface area contributed by atoms with Crippen LogP contribution in [0.5, 0.6) is 0 Å². The van der Waals surface area contributed by atoms with Crippen molar-refractivity contribution >= 4 is 17.7 Å². The number of rotatable bonds is 6. The molecule has 0 spiro atoms. The lowest BCUT2D eigenvalue weighted by molar-refractivity contribution is 0.0939. The van der Waals surface area contributed by atoms with Gasteiger partial charge in [-0.2, -0.15) is 11.8 Å². The van der Waals surface area contributed by atoms with E-state index in [-0.39, 0.29) is 18.6 Å². The molecule has 0 heterocycles. The Morgan fingerprint density at radius 3 is 2.86 bits per heavy atom. The number of thioether (sulfide) groups is 1. The van der Waals surface area contributed by atoms with E-state index >= 15 is 0 Å². The van der Waals surface area contributed by atoms with Crippen LogP contribution in [0.25, 0.3) is 0 Å². The molecule has 3 nitrogen and oxygen atoms in total. The van der Waals surface area contributed by atoms with Gasteiger partial charge in [0.15, 0.2) is 0 Å². The Bertz CT molecular complexity index is 531. The van der Waals surface area contributed by atoms with Crippen LogP contribution < -0.4 is 5.32 Å². The summed E-state index contributed by atoms with van der Waals surface area (Å²) >= 11 is 1.78. The molecular formula is C17H23NO2S. The van der Waals surface area contributed by atoms with Crippen LogP contribution in [-0.2, 0) is 0 Å². The predicted octanol–water partition coefficient (Wildman–Crippen LogP) is 2.60. The van der Waals surface area contributed by atoms with Crippen molar-refractivity contribution in [3.8, 4) is 11.8 Å². The molecule has 0 aliphatic heterocycles. The molecule has 0 radical (unpaired) electrons. The first kappa shape index (κ1) is 17.6. The number of aliphatic hydroxyl groups is 1. The second-order valence-corrected chi connectivity index (χ2v) is 6.00. The number of benzene rings is 1. The minimum atomic E-state index is -0.0579. The van der Waals surface area contributed by atoms with E-state index in [9.17, 15) is 4.79 Å². The number of hydrogen-bond donors (Lipinski definition) is 2. The van der Waals surface area contributed by atoms with Crippen LogP contribution >= 0.6 is 11.8 Å². The minimum Gasteiger partial charge on any atom is -0.395 e. The fourth-order valence-corrected chi connectivity index (χ4v) is 2.47. The predicted molar refractivity (Wildman–Crippen MR) is 89.7 cm³/mol. The number of carbonyl (C=O) groups excluding carboxylic acids is 1. The van der Waals surface area contributed by atoms with Crippen molar-refractivity contribution in [1.29, 1.82) is 0 Å². The molecule has 1 aromatic rings. The van der Waals surface area contributed by atoms with Crippen LogP contribution in [0.4, 0.5) is 0 Å². The lowest BCUT2D eigenvalue weighted by Crippen LogP contribution is -2.33. The van der Waals surface area contributed by atoms with Gasteiger partial charge in [-0.05, 0) is 56.0 Å². The van der Waals surface area contributed by atoms with E-state index in [2.05, 4.69) is 23.4 Å². The highest BCUT2D eigenvalue weighted by atomic mass is 32.2. The summed E-state index contributed by atoms with van der Waals surface area (Å²) in [5, 5.41) is 11.8. The van der Waals surface area contributed by atoms with Gasteiger partial charge in [0.2, 0.25) is 0 Å². The Morgan fingerprint density at radius 1 is 1.43 bits per heavy atom. The van der Waals surface area contributed by atoms with Gasteiger partial charge in [-0.25, -0.2) is 0 Å². The standard InChI is InChI=1S/C17H23NO2S/c1-13-10-15(6-4-5-8-19)12-16(11-13)17(20)18-14(2)7-9-21-3/h10-12,14,19H,5,7-9H2,1-3H3,(H,18,20). The zero-order valence-electron chi connectivity index (χ0n) is 12.9. The maximum Gasteiger partial charge on any atom is 0.251 e. The van der Waals surface area contributed by atoms with E-state index in [0.29, 0.717) is 12.0 Å². The fraction of sp³-hybridized carbons (Fsp3) is 0.471. The van der Waals surface area contributed by atoms with Gasteiger partial charge in [-0.3, -0.25) is 4.79 Å². The summed E-state index contributed by atoms with van der Waals surface area (Å²) in [6.07, 6.45) is 3.47. The smallest absolute Gasteiger partial charge is 0.251 e. The molecule has 4 heteroatoms. The van der Waals surface area contributed by atoms with E-state index in [1.165, 1.54) is 0 Å². The van der Waals surface area contributed by atoms with Gasteiger partial charge in [0, 0.05) is 23.6 Å². The van der Waals surface area contributed by atoms with Crippen molar-refractivity contribution in [2.45, 2.75) is 32.7 Å². The molecule has 0 aliphatic carbocycles. The molecule has 1 rings (SSSR count). The Hall–Kier alpha value is -1.44. The number of aliphatic hydroxyl groups excluding tert-OH is 1. The first-order valence-electron chi connectivity index (χ1n) is 7.08. The molecule has 0 fully saturated rings. The third kappa shape index (κ3) is 6.70. The molecule has 0 aromatic heterocycles. The zero-order valence-corrected chi connectivity index (χ0v) is 13.7. The molecule has 114 valence electrons. The van der Waals surface area contributed by atoms with E-state index < -0.39 is 0 Å². The molecule has 2 N–H and O–H groups in total. The van der Waals surface area contributed by atoms with E-state index in [4.69, 9.17) is 5.11 Å². The van der Waals surface area contributed by atoms with Gasteiger partial charge in [-0.15, -0.1) is 0 Å². The van der Waals surface area contributed by atoms with E-state index in [0.717, 1.165) is 23.3 Å². The van der Waals surface area contributed by atoms with Crippen LogP contribution in [0, 0.1) is 18.8 Å². The molecular weight excluding hydrogens is 282 g/mol. The molecule has 1 atom stereocenters. The van der Waals surface area contributed by atoms with Crippen molar-refractivity contribution in [3.63, 3.8) is 0 Å².